The highest BCUT2D eigenvalue weighted by molar-refractivity contribution is 7.58. The van der Waals surface area contributed by atoms with Crippen LogP contribution in [0, 0.1) is 0 Å². The van der Waals surface area contributed by atoms with E-state index in [0.29, 0.717) is 0 Å². The van der Waals surface area contributed by atoms with Crippen LogP contribution in [-0.4, -0.2) is 44.9 Å². The fourth-order valence-electron chi connectivity index (χ4n) is 1.32. The molecule has 0 fully saturated rings. The molecule has 0 spiro atoms. The van der Waals surface area contributed by atoms with E-state index in [1.807, 2.05) is 20.8 Å². The topological polar surface area (TPSA) is 63.9 Å². The van der Waals surface area contributed by atoms with E-state index in [1.54, 1.807) is 0 Å². The van der Waals surface area contributed by atoms with Crippen molar-refractivity contribution in [3.8, 4) is 0 Å². The lowest BCUT2D eigenvalue weighted by Gasteiger charge is -2.25. The monoisotopic (exact) mass is 196 g/mol. The number of hydrogen-bond donors (Lipinski definition) is 3. The Labute approximate surface area is 74.4 Å². The molecule has 0 aromatic rings. The number of hydrogen-bond acceptors (Lipinski definition) is 4. The van der Waals surface area contributed by atoms with Gasteiger partial charge in [0.15, 0.2) is 6.16 Å². The van der Waals surface area contributed by atoms with Crippen molar-refractivity contribution in [3.63, 3.8) is 0 Å². The van der Waals surface area contributed by atoms with Gasteiger partial charge in [-0.15, -0.1) is 0 Å². The third-order valence-electron chi connectivity index (χ3n) is 1.94. The molecular formula is C7H19NO3P+. The lowest BCUT2D eigenvalue weighted by Crippen LogP contribution is -2.35. The van der Waals surface area contributed by atoms with Gasteiger partial charge >= 0.3 is 7.94 Å². The molecule has 1 unspecified atom stereocenters. The standard InChI is InChI=1S/C7H19NO3P/c1-4-8(5-2)7(3)6-12(9,10)11/h7,9-11H,4-6H2,1-3H3/q+1. The van der Waals surface area contributed by atoms with Gasteiger partial charge < -0.3 is 0 Å². The van der Waals surface area contributed by atoms with Gasteiger partial charge in [-0.25, -0.2) is 0 Å². The summed E-state index contributed by atoms with van der Waals surface area (Å²) in [5.41, 5.74) is 0. The van der Waals surface area contributed by atoms with Crippen molar-refractivity contribution in [2.24, 2.45) is 0 Å². The summed E-state index contributed by atoms with van der Waals surface area (Å²) in [6, 6.07) is 0.0216. The summed E-state index contributed by atoms with van der Waals surface area (Å²) in [6.45, 7) is 7.61. The largest absolute Gasteiger partial charge is 0.405 e. The van der Waals surface area contributed by atoms with Crippen LogP contribution in [0.3, 0.4) is 0 Å². The first-order valence-electron chi connectivity index (χ1n) is 4.21. The van der Waals surface area contributed by atoms with Gasteiger partial charge in [0.2, 0.25) is 0 Å². The molecule has 0 aliphatic carbocycles. The highest BCUT2D eigenvalue weighted by Crippen LogP contribution is 2.45. The Hall–Kier alpha value is 0.270. The molecule has 0 radical (unpaired) electrons. The van der Waals surface area contributed by atoms with Crippen molar-refractivity contribution in [1.82, 2.24) is 4.90 Å². The highest BCUT2D eigenvalue weighted by Gasteiger charge is 2.33. The summed E-state index contributed by atoms with van der Waals surface area (Å²) in [5.74, 6) is 0. The van der Waals surface area contributed by atoms with E-state index in [-0.39, 0.29) is 12.2 Å². The molecule has 0 amide bonds. The average Bonchev–Trinajstić information content (AvgIpc) is 1.85. The molecule has 0 aromatic heterocycles. The van der Waals surface area contributed by atoms with Crippen LogP contribution >= 0.6 is 7.94 Å². The Balaban J connectivity index is 3.92. The summed E-state index contributed by atoms with van der Waals surface area (Å²) in [4.78, 5) is 28.5. The van der Waals surface area contributed by atoms with Crippen LogP contribution in [0.4, 0.5) is 0 Å². The molecule has 0 aliphatic rings. The van der Waals surface area contributed by atoms with E-state index in [2.05, 4.69) is 4.90 Å². The molecule has 0 rings (SSSR count). The molecule has 12 heavy (non-hydrogen) atoms. The molecular weight excluding hydrogens is 177 g/mol. The van der Waals surface area contributed by atoms with Crippen LogP contribution in [0.1, 0.15) is 20.8 Å². The Kier molecular flexibility index (Phi) is 5.21. The van der Waals surface area contributed by atoms with Gasteiger partial charge in [-0.3, -0.25) is 4.90 Å². The van der Waals surface area contributed by atoms with E-state index in [9.17, 15) is 0 Å². The quantitative estimate of drug-likeness (QED) is 0.559. The van der Waals surface area contributed by atoms with Crippen molar-refractivity contribution < 1.29 is 14.7 Å². The van der Waals surface area contributed by atoms with Gasteiger partial charge in [0.05, 0.1) is 0 Å². The van der Waals surface area contributed by atoms with Gasteiger partial charge in [0.25, 0.3) is 0 Å². The Morgan fingerprint density at radius 3 is 1.83 bits per heavy atom. The van der Waals surface area contributed by atoms with Crippen LogP contribution in [-0.2, 0) is 0 Å². The first-order valence-corrected chi connectivity index (χ1v) is 6.04. The van der Waals surface area contributed by atoms with E-state index in [0.717, 1.165) is 13.1 Å². The zero-order chi connectivity index (χ0) is 9.78. The molecule has 4 nitrogen and oxygen atoms in total. The van der Waals surface area contributed by atoms with E-state index in [4.69, 9.17) is 14.7 Å². The van der Waals surface area contributed by atoms with Crippen molar-refractivity contribution in [2.45, 2.75) is 26.8 Å². The van der Waals surface area contributed by atoms with Crippen LogP contribution in [0.25, 0.3) is 0 Å². The zero-order valence-electron chi connectivity index (χ0n) is 7.93. The van der Waals surface area contributed by atoms with Crippen LogP contribution in [0.15, 0.2) is 0 Å². The fourth-order valence-corrected chi connectivity index (χ4v) is 2.26. The normalized spacial score (nSPS) is 15.2. The summed E-state index contributed by atoms with van der Waals surface area (Å²) < 4.78 is 0. The second-order valence-electron chi connectivity index (χ2n) is 2.95. The lowest BCUT2D eigenvalue weighted by atomic mass is 10.3. The SMILES string of the molecule is CCN(CC)C(C)C[P+](O)(O)O. The Bertz CT molecular complexity index is 122. The van der Waals surface area contributed by atoms with E-state index >= 15 is 0 Å². The van der Waals surface area contributed by atoms with E-state index in [1.165, 1.54) is 0 Å². The summed E-state index contributed by atoms with van der Waals surface area (Å²) >= 11 is 0. The predicted octanol–water partition coefficient (Wildman–Crippen LogP) is 0.456. The minimum Gasteiger partial charge on any atom is -0.297 e. The summed E-state index contributed by atoms with van der Waals surface area (Å²) in [6.07, 6.45) is 0.0642. The van der Waals surface area contributed by atoms with Gasteiger partial charge in [-0.1, -0.05) is 13.8 Å². The summed E-state index contributed by atoms with van der Waals surface area (Å²) in [5, 5.41) is 0. The number of nitrogens with zero attached hydrogens (tertiary/aromatic N) is 1. The fraction of sp³-hybridized carbons (Fsp3) is 1.00. The second-order valence-corrected chi connectivity index (χ2v) is 4.70. The molecule has 0 aliphatic heterocycles. The smallest absolute Gasteiger partial charge is 0.297 e. The molecule has 74 valence electrons. The van der Waals surface area contributed by atoms with Crippen LogP contribution < -0.4 is 0 Å². The van der Waals surface area contributed by atoms with Gasteiger partial charge in [0, 0.05) is 6.04 Å². The average molecular weight is 196 g/mol. The first kappa shape index (κ1) is 12.3. The maximum Gasteiger partial charge on any atom is 0.405 e. The van der Waals surface area contributed by atoms with Gasteiger partial charge in [-0.05, 0) is 20.0 Å². The van der Waals surface area contributed by atoms with Gasteiger partial charge in [0.1, 0.15) is 0 Å². The molecule has 3 N–H and O–H groups in total. The molecule has 0 saturated heterocycles. The van der Waals surface area contributed by atoms with Crippen molar-refractivity contribution >= 4 is 7.94 Å². The minimum atomic E-state index is -3.59. The molecule has 0 saturated carbocycles. The molecule has 0 bridgehead atoms. The Morgan fingerprint density at radius 1 is 1.17 bits per heavy atom. The molecule has 0 aromatic carbocycles. The maximum absolute atomic E-state index is 8.82. The van der Waals surface area contributed by atoms with Gasteiger partial charge in [-0.2, -0.15) is 14.7 Å². The number of rotatable bonds is 5. The third kappa shape index (κ3) is 5.01. The van der Waals surface area contributed by atoms with Crippen LogP contribution in [0.5, 0.6) is 0 Å². The summed E-state index contributed by atoms with van der Waals surface area (Å²) in [7, 11) is -3.59. The zero-order valence-corrected chi connectivity index (χ0v) is 8.83. The van der Waals surface area contributed by atoms with Crippen molar-refractivity contribution in [2.75, 3.05) is 19.3 Å². The second kappa shape index (κ2) is 5.10. The van der Waals surface area contributed by atoms with Crippen molar-refractivity contribution in [1.29, 1.82) is 0 Å². The molecule has 1 atom stereocenters. The third-order valence-corrected chi connectivity index (χ3v) is 2.96. The Morgan fingerprint density at radius 2 is 1.58 bits per heavy atom. The van der Waals surface area contributed by atoms with Crippen LogP contribution in [0.2, 0.25) is 0 Å². The molecule has 0 heterocycles. The molecule has 5 heteroatoms. The minimum absolute atomic E-state index is 0.0216. The lowest BCUT2D eigenvalue weighted by molar-refractivity contribution is 0.231. The predicted molar refractivity (Wildman–Crippen MR) is 50.8 cm³/mol. The highest BCUT2D eigenvalue weighted by atomic mass is 31.2. The first-order chi connectivity index (χ1) is 5.40. The maximum atomic E-state index is 8.82. The van der Waals surface area contributed by atoms with E-state index < -0.39 is 7.94 Å². The van der Waals surface area contributed by atoms with Crippen molar-refractivity contribution in [3.05, 3.63) is 0 Å².